The molecule has 11 heteroatoms. The zero-order chi connectivity index (χ0) is 24.5. The third-order valence-electron chi connectivity index (χ3n) is 5.81. The van der Waals surface area contributed by atoms with Crippen LogP contribution in [-0.4, -0.2) is 67.5 Å². The van der Waals surface area contributed by atoms with Crippen LogP contribution in [0.15, 0.2) is 35.5 Å². The topological polar surface area (TPSA) is 91.0 Å². The fraction of sp³-hybridized carbons (Fsp3) is 0.500. The summed E-state index contributed by atoms with van der Waals surface area (Å²) in [5.74, 6) is -1.27. The molecule has 2 N–H and O–H groups in total. The molecule has 0 aromatic heterocycles. The van der Waals surface area contributed by atoms with Crippen molar-refractivity contribution in [3.05, 3.63) is 46.7 Å². The van der Waals surface area contributed by atoms with E-state index in [1.165, 1.54) is 42.2 Å². The molecule has 0 saturated carbocycles. The number of amides is 4. The lowest BCUT2D eigenvalue weighted by molar-refractivity contribution is -0.139. The molecule has 1 aromatic rings. The number of alkyl halides is 3. The number of halogens is 3. The maximum atomic E-state index is 13.7. The Labute approximate surface area is 189 Å². The Morgan fingerprint density at radius 2 is 1.94 bits per heavy atom. The molecule has 8 nitrogen and oxygen atoms in total. The predicted octanol–water partition coefficient (Wildman–Crippen LogP) is 2.29. The van der Waals surface area contributed by atoms with Crippen molar-refractivity contribution < 1.29 is 32.3 Å². The molecule has 0 bridgehead atoms. The third-order valence-corrected chi connectivity index (χ3v) is 5.81. The average molecular weight is 468 g/mol. The van der Waals surface area contributed by atoms with Crippen molar-refractivity contribution in [2.45, 2.75) is 32.1 Å². The first-order valence-corrected chi connectivity index (χ1v) is 10.5. The van der Waals surface area contributed by atoms with Gasteiger partial charge >= 0.3 is 12.2 Å². The van der Waals surface area contributed by atoms with E-state index >= 15 is 0 Å². The van der Waals surface area contributed by atoms with Crippen LogP contribution in [0.2, 0.25) is 0 Å². The van der Waals surface area contributed by atoms with Gasteiger partial charge in [0.15, 0.2) is 0 Å². The maximum Gasteiger partial charge on any atom is 0.416 e. The quantitative estimate of drug-likeness (QED) is 0.601. The number of rotatable bonds is 7. The van der Waals surface area contributed by atoms with Crippen LogP contribution < -0.4 is 10.6 Å². The third kappa shape index (κ3) is 4.68. The molecule has 2 aliphatic heterocycles. The van der Waals surface area contributed by atoms with E-state index in [1.807, 2.05) is 0 Å². The van der Waals surface area contributed by atoms with Crippen LogP contribution in [0.1, 0.15) is 31.0 Å². The Balaban J connectivity index is 2.01. The number of methoxy groups -OCH3 is 1. The second kappa shape index (κ2) is 9.42. The van der Waals surface area contributed by atoms with Crippen LogP contribution in [0.4, 0.5) is 18.0 Å². The SMILES string of the molecule is COCCNC(=O)[C@@H](C(C)C)N1CC2=C(C1=O)[C@H](c1ccccc1C(F)(F)F)NC(=O)N2C. The number of carbonyl (C=O) groups excluding carboxylic acids is 3. The van der Waals surface area contributed by atoms with Crippen LogP contribution in [0.25, 0.3) is 0 Å². The van der Waals surface area contributed by atoms with Crippen LogP contribution in [0.3, 0.4) is 0 Å². The summed E-state index contributed by atoms with van der Waals surface area (Å²) in [7, 11) is 2.93. The highest BCUT2D eigenvalue weighted by Gasteiger charge is 2.48. The van der Waals surface area contributed by atoms with Gasteiger partial charge in [-0.05, 0) is 17.5 Å². The van der Waals surface area contributed by atoms with Gasteiger partial charge in [0.2, 0.25) is 5.91 Å². The number of hydrogen-bond donors (Lipinski definition) is 2. The Morgan fingerprint density at radius 1 is 1.27 bits per heavy atom. The molecular formula is C22H27F3N4O4. The molecule has 0 saturated heterocycles. The first-order valence-electron chi connectivity index (χ1n) is 10.5. The average Bonchev–Trinajstić information content (AvgIpc) is 3.07. The molecule has 0 fully saturated rings. The van der Waals surface area contributed by atoms with E-state index in [4.69, 9.17) is 4.74 Å². The van der Waals surface area contributed by atoms with Gasteiger partial charge in [-0.3, -0.25) is 14.5 Å². The number of likely N-dealkylation sites (N-methyl/N-ethyl adjacent to an activating group) is 1. The lowest BCUT2D eigenvalue weighted by atomic mass is 9.91. The highest BCUT2D eigenvalue weighted by atomic mass is 19.4. The van der Waals surface area contributed by atoms with Gasteiger partial charge in [-0.2, -0.15) is 13.2 Å². The molecule has 3 rings (SSSR count). The summed E-state index contributed by atoms with van der Waals surface area (Å²) < 4.78 is 46.0. The largest absolute Gasteiger partial charge is 0.416 e. The standard InChI is InChI=1S/C22H27F3N4O4/c1-12(2)18(19(30)26-9-10-33-4)29-11-15-16(20(29)31)17(27-21(32)28(15)3)13-7-5-6-8-14(13)22(23,24)25/h5-8,12,17-18H,9-11H2,1-4H3,(H,26,30)(H,27,32)/t17-,18+/m0/s1. The van der Waals surface area contributed by atoms with Crippen molar-refractivity contribution in [1.82, 2.24) is 20.4 Å². The molecule has 0 spiro atoms. The van der Waals surface area contributed by atoms with Gasteiger partial charge in [-0.15, -0.1) is 0 Å². The molecule has 2 heterocycles. The number of carbonyl (C=O) groups is 3. The van der Waals surface area contributed by atoms with Crippen LogP contribution >= 0.6 is 0 Å². The van der Waals surface area contributed by atoms with Crippen molar-refractivity contribution in [3.8, 4) is 0 Å². The minimum atomic E-state index is -4.67. The summed E-state index contributed by atoms with van der Waals surface area (Å²) >= 11 is 0. The molecule has 180 valence electrons. The van der Waals surface area contributed by atoms with Crippen molar-refractivity contribution in [3.63, 3.8) is 0 Å². The zero-order valence-electron chi connectivity index (χ0n) is 18.8. The number of hydrogen-bond acceptors (Lipinski definition) is 4. The lowest BCUT2D eigenvalue weighted by Crippen LogP contribution is -2.51. The number of urea groups is 1. The van der Waals surface area contributed by atoms with E-state index in [2.05, 4.69) is 10.6 Å². The Morgan fingerprint density at radius 3 is 2.55 bits per heavy atom. The van der Waals surface area contributed by atoms with E-state index in [9.17, 15) is 27.6 Å². The Bertz CT molecular complexity index is 977. The molecule has 0 aliphatic carbocycles. The first kappa shape index (κ1) is 24.6. The Hall–Kier alpha value is -3.08. The maximum absolute atomic E-state index is 13.7. The first-order chi connectivity index (χ1) is 15.5. The van der Waals surface area contributed by atoms with E-state index in [0.717, 1.165) is 6.07 Å². The highest BCUT2D eigenvalue weighted by molar-refractivity contribution is 6.03. The van der Waals surface area contributed by atoms with Gasteiger partial charge in [-0.1, -0.05) is 32.0 Å². The van der Waals surface area contributed by atoms with Crippen molar-refractivity contribution in [2.75, 3.05) is 33.9 Å². The lowest BCUT2D eigenvalue weighted by Gasteiger charge is -2.32. The van der Waals surface area contributed by atoms with Crippen molar-refractivity contribution in [1.29, 1.82) is 0 Å². The molecule has 0 radical (unpaired) electrons. The fourth-order valence-corrected chi connectivity index (χ4v) is 4.24. The van der Waals surface area contributed by atoms with E-state index in [0.29, 0.717) is 0 Å². The number of nitrogens with one attached hydrogen (secondary N) is 2. The summed E-state index contributed by atoms with van der Waals surface area (Å²) in [6.45, 7) is 4.01. The van der Waals surface area contributed by atoms with Crippen LogP contribution in [-0.2, 0) is 20.5 Å². The van der Waals surface area contributed by atoms with Crippen molar-refractivity contribution in [2.24, 2.45) is 5.92 Å². The minimum absolute atomic E-state index is 0.0316. The van der Waals surface area contributed by atoms with E-state index in [1.54, 1.807) is 13.8 Å². The molecule has 0 unspecified atom stereocenters. The Kier molecular flexibility index (Phi) is 7.01. The van der Waals surface area contributed by atoms with Gasteiger partial charge in [0.25, 0.3) is 5.91 Å². The van der Waals surface area contributed by atoms with E-state index in [-0.39, 0.29) is 42.4 Å². The number of nitrogens with zero attached hydrogens (tertiary/aromatic N) is 2. The summed E-state index contributed by atoms with van der Waals surface area (Å²) in [5, 5.41) is 5.24. The second-order valence-electron chi connectivity index (χ2n) is 8.29. The summed E-state index contributed by atoms with van der Waals surface area (Å²) in [5.41, 5.74) is -0.847. The van der Waals surface area contributed by atoms with Gasteiger partial charge < -0.3 is 20.3 Å². The molecular weight excluding hydrogens is 441 g/mol. The molecule has 1 aromatic carbocycles. The normalized spacial score (nSPS) is 19.7. The summed E-state index contributed by atoms with van der Waals surface area (Å²) in [6.07, 6.45) is -4.67. The monoisotopic (exact) mass is 468 g/mol. The fourth-order valence-electron chi connectivity index (χ4n) is 4.24. The smallest absolute Gasteiger partial charge is 0.383 e. The predicted molar refractivity (Wildman–Crippen MR) is 113 cm³/mol. The number of benzene rings is 1. The minimum Gasteiger partial charge on any atom is -0.383 e. The van der Waals surface area contributed by atoms with Crippen LogP contribution in [0.5, 0.6) is 0 Å². The second-order valence-corrected chi connectivity index (χ2v) is 8.29. The van der Waals surface area contributed by atoms with Crippen LogP contribution in [0, 0.1) is 5.92 Å². The molecule has 33 heavy (non-hydrogen) atoms. The van der Waals surface area contributed by atoms with E-state index < -0.39 is 41.7 Å². The zero-order valence-corrected chi connectivity index (χ0v) is 18.8. The molecule has 2 aliphatic rings. The number of ether oxygens (including phenoxy) is 1. The molecule has 2 atom stereocenters. The molecule has 4 amide bonds. The van der Waals surface area contributed by atoms with Gasteiger partial charge in [0, 0.05) is 20.7 Å². The summed E-state index contributed by atoms with van der Waals surface area (Å²) in [6, 6.07) is 2.04. The van der Waals surface area contributed by atoms with Crippen molar-refractivity contribution >= 4 is 17.8 Å². The van der Waals surface area contributed by atoms with Gasteiger partial charge in [0.1, 0.15) is 6.04 Å². The highest BCUT2D eigenvalue weighted by Crippen LogP contribution is 2.41. The van der Waals surface area contributed by atoms with Gasteiger partial charge in [0.05, 0.1) is 36.0 Å². The summed E-state index contributed by atoms with van der Waals surface area (Å²) in [4.78, 5) is 41.5. The van der Waals surface area contributed by atoms with Gasteiger partial charge in [-0.25, -0.2) is 4.79 Å².